The van der Waals surface area contributed by atoms with Crippen molar-refractivity contribution in [3.8, 4) is 0 Å². The lowest BCUT2D eigenvalue weighted by Gasteiger charge is -2.06. The lowest BCUT2D eigenvalue weighted by atomic mass is 10.2. The predicted molar refractivity (Wildman–Crippen MR) is 74.1 cm³/mol. The average Bonchev–Trinajstić information content (AvgIpc) is 2.38. The molecule has 19 heavy (non-hydrogen) atoms. The van der Waals surface area contributed by atoms with Crippen molar-refractivity contribution in [1.82, 2.24) is 4.98 Å². The number of nitrogens with zero attached hydrogens (tertiary/aromatic N) is 1. The molecule has 2 N–H and O–H groups in total. The number of anilines is 1. The first-order valence-corrected chi connectivity index (χ1v) is 6.15. The summed E-state index contributed by atoms with van der Waals surface area (Å²) in [6.45, 7) is 0.289. The van der Waals surface area contributed by atoms with Gasteiger partial charge in [-0.1, -0.05) is 17.7 Å². The van der Waals surface area contributed by atoms with E-state index in [1.165, 1.54) is 12.1 Å². The van der Waals surface area contributed by atoms with E-state index in [4.69, 9.17) is 22.1 Å². The zero-order valence-corrected chi connectivity index (χ0v) is 10.9. The molecule has 1 aromatic carbocycles. The molecular weight excluding hydrogens is 264 g/mol. The molecule has 2 rings (SSSR count). The van der Waals surface area contributed by atoms with Crippen LogP contribution in [-0.2, 0) is 11.2 Å². The van der Waals surface area contributed by atoms with Gasteiger partial charge in [0.05, 0.1) is 12.2 Å². The number of carbonyl (C=O) groups is 1. The summed E-state index contributed by atoms with van der Waals surface area (Å²) < 4.78 is 5.16. The van der Waals surface area contributed by atoms with E-state index in [-0.39, 0.29) is 6.61 Å². The van der Waals surface area contributed by atoms with Crippen LogP contribution in [0.1, 0.15) is 15.9 Å². The van der Waals surface area contributed by atoms with Crippen LogP contribution in [0.5, 0.6) is 0 Å². The van der Waals surface area contributed by atoms with E-state index in [1.54, 1.807) is 18.5 Å². The Morgan fingerprint density at radius 3 is 2.89 bits per heavy atom. The van der Waals surface area contributed by atoms with Gasteiger partial charge in [0.2, 0.25) is 0 Å². The molecule has 98 valence electrons. The van der Waals surface area contributed by atoms with E-state index in [2.05, 4.69) is 4.98 Å². The Kier molecular flexibility index (Phi) is 4.36. The van der Waals surface area contributed by atoms with Crippen LogP contribution in [-0.4, -0.2) is 17.6 Å². The van der Waals surface area contributed by atoms with Gasteiger partial charge in [0.1, 0.15) is 0 Å². The molecule has 2 aromatic rings. The Morgan fingerprint density at radius 2 is 2.21 bits per heavy atom. The normalized spacial score (nSPS) is 10.2. The van der Waals surface area contributed by atoms with Gasteiger partial charge in [-0.05, 0) is 29.8 Å². The molecule has 0 atom stereocenters. The molecule has 0 aliphatic carbocycles. The smallest absolute Gasteiger partial charge is 0.338 e. The van der Waals surface area contributed by atoms with Crippen molar-refractivity contribution in [2.75, 3.05) is 12.3 Å². The third-order valence-corrected chi connectivity index (χ3v) is 2.72. The minimum atomic E-state index is -0.432. The van der Waals surface area contributed by atoms with Crippen LogP contribution in [0.15, 0.2) is 42.7 Å². The molecule has 1 aromatic heterocycles. The maximum atomic E-state index is 11.8. The third-order valence-electron chi connectivity index (χ3n) is 2.50. The molecule has 0 saturated heterocycles. The number of ether oxygens (including phenoxy) is 1. The zero-order chi connectivity index (χ0) is 13.7. The first kappa shape index (κ1) is 13.4. The molecular formula is C14H13ClN2O2. The van der Waals surface area contributed by atoms with Crippen LogP contribution in [0.2, 0.25) is 5.02 Å². The number of hydrogen-bond donors (Lipinski definition) is 1. The summed E-state index contributed by atoms with van der Waals surface area (Å²) in [7, 11) is 0. The van der Waals surface area contributed by atoms with Crippen molar-refractivity contribution < 1.29 is 9.53 Å². The molecule has 0 saturated carbocycles. The van der Waals surface area contributed by atoms with Crippen molar-refractivity contribution in [1.29, 1.82) is 0 Å². The van der Waals surface area contributed by atoms with Crippen molar-refractivity contribution in [3.63, 3.8) is 0 Å². The first-order valence-electron chi connectivity index (χ1n) is 5.77. The third kappa shape index (κ3) is 3.96. The molecule has 0 fully saturated rings. The number of rotatable bonds is 4. The predicted octanol–water partition coefficient (Wildman–Crippen LogP) is 2.72. The number of hydrogen-bond acceptors (Lipinski definition) is 4. The fraction of sp³-hybridized carbons (Fsp3) is 0.143. The van der Waals surface area contributed by atoms with Gasteiger partial charge in [-0.25, -0.2) is 4.79 Å². The van der Waals surface area contributed by atoms with E-state index in [9.17, 15) is 4.79 Å². The molecule has 0 radical (unpaired) electrons. The molecule has 4 nitrogen and oxygen atoms in total. The largest absolute Gasteiger partial charge is 0.462 e. The highest BCUT2D eigenvalue weighted by molar-refractivity contribution is 6.31. The van der Waals surface area contributed by atoms with Crippen LogP contribution in [0.3, 0.4) is 0 Å². The molecule has 1 heterocycles. The molecule has 0 aliphatic heterocycles. The molecule has 0 bridgehead atoms. The van der Waals surface area contributed by atoms with Crippen molar-refractivity contribution >= 4 is 23.3 Å². The van der Waals surface area contributed by atoms with E-state index in [1.807, 2.05) is 12.1 Å². The average molecular weight is 277 g/mol. The Hall–Kier alpha value is -2.07. The highest BCUT2D eigenvalue weighted by atomic mass is 35.5. The number of pyridine rings is 1. The van der Waals surface area contributed by atoms with Gasteiger partial charge in [-0.2, -0.15) is 0 Å². The summed E-state index contributed by atoms with van der Waals surface area (Å²) in [4.78, 5) is 15.8. The van der Waals surface area contributed by atoms with Gasteiger partial charge in [-0.15, -0.1) is 0 Å². The number of nitrogens with two attached hydrogens (primary N) is 1. The van der Waals surface area contributed by atoms with Crippen molar-refractivity contribution in [2.45, 2.75) is 6.42 Å². The topological polar surface area (TPSA) is 65.2 Å². The van der Waals surface area contributed by atoms with Crippen LogP contribution < -0.4 is 5.73 Å². The highest BCUT2D eigenvalue weighted by Gasteiger charge is 2.08. The molecule has 0 unspecified atom stereocenters. The van der Waals surface area contributed by atoms with E-state index < -0.39 is 5.97 Å². The molecule has 5 heteroatoms. The number of nitrogen functional groups attached to an aromatic ring is 1. The Bertz CT molecular complexity index is 553. The van der Waals surface area contributed by atoms with Gasteiger partial charge >= 0.3 is 5.97 Å². The number of carbonyl (C=O) groups excluding carboxylic acids is 1. The fourth-order valence-corrected chi connectivity index (χ4v) is 1.86. The van der Waals surface area contributed by atoms with E-state index in [0.29, 0.717) is 22.7 Å². The monoisotopic (exact) mass is 276 g/mol. The molecule has 0 aliphatic rings. The van der Waals surface area contributed by atoms with Crippen molar-refractivity contribution in [3.05, 3.63) is 58.9 Å². The first-order chi connectivity index (χ1) is 9.15. The summed E-state index contributed by atoms with van der Waals surface area (Å²) in [6, 6.07) is 8.42. The minimum Gasteiger partial charge on any atom is -0.462 e. The summed E-state index contributed by atoms with van der Waals surface area (Å²) in [6.07, 6.45) is 4.06. The fourth-order valence-electron chi connectivity index (χ4n) is 1.62. The Morgan fingerprint density at radius 1 is 1.37 bits per heavy atom. The maximum Gasteiger partial charge on any atom is 0.338 e. The highest BCUT2D eigenvalue weighted by Crippen LogP contribution is 2.17. The Labute approximate surface area is 116 Å². The van der Waals surface area contributed by atoms with E-state index in [0.717, 1.165) is 5.56 Å². The van der Waals surface area contributed by atoms with Crippen LogP contribution >= 0.6 is 11.6 Å². The quantitative estimate of drug-likeness (QED) is 0.689. The maximum absolute atomic E-state index is 11.8. The lowest BCUT2D eigenvalue weighted by Crippen LogP contribution is -2.08. The number of halogens is 1. The van der Waals surface area contributed by atoms with Gasteiger partial charge in [0.25, 0.3) is 0 Å². The molecule has 0 spiro atoms. The number of esters is 1. The minimum absolute atomic E-state index is 0.289. The van der Waals surface area contributed by atoms with Crippen LogP contribution in [0.4, 0.5) is 5.69 Å². The Balaban J connectivity index is 1.91. The SMILES string of the molecule is Nc1cc(Cl)cc(C(=O)OCCc2cccnc2)c1. The number of benzene rings is 1. The number of aromatic nitrogens is 1. The van der Waals surface area contributed by atoms with Crippen molar-refractivity contribution in [2.24, 2.45) is 0 Å². The van der Waals surface area contributed by atoms with Gasteiger partial charge in [0, 0.05) is 29.5 Å². The second kappa shape index (κ2) is 6.20. The molecule has 0 amide bonds. The lowest BCUT2D eigenvalue weighted by molar-refractivity contribution is 0.0509. The van der Waals surface area contributed by atoms with Crippen LogP contribution in [0.25, 0.3) is 0 Å². The summed E-state index contributed by atoms with van der Waals surface area (Å²) in [5.74, 6) is -0.432. The second-order valence-corrected chi connectivity index (χ2v) is 4.46. The summed E-state index contributed by atoms with van der Waals surface area (Å²) in [5.41, 5.74) is 7.43. The van der Waals surface area contributed by atoms with Gasteiger partial charge in [-0.3, -0.25) is 4.98 Å². The van der Waals surface area contributed by atoms with Crippen LogP contribution in [0, 0.1) is 0 Å². The standard InChI is InChI=1S/C14H13ClN2O2/c15-12-6-11(7-13(16)8-12)14(18)19-5-3-10-2-1-4-17-9-10/h1-2,4,6-9H,3,5,16H2. The zero-order valence-electron chi connectivity index (χ0n) is 10.2. The van der Waals surface area contributed by atoms with E-state index >= 15 is 0 Å². The van der Waals surface area contributed by atoms with Gasteiger partial charge < -0.3 is 10.5 Å². The van der Waals surface area contributed by atoms with Gasteiger partial charge in [0.15, 0.2) is 0 Å². The summed E-state index contributed by atoms with van der Waals surface area (Å²) in [5, 5.41) is 0.416. The second-order valence-electron chi connectivity index (χ2n) is 4.02. The summed E-state index contributed by atoms with van der Waals surface area (Å²) >= 11 is 5.83.